The van der Waals surface area contributed by atoms with Crippen molar-refractivity contribution < 1.29 is 19.1 Å². The van der Waals surface area contributed by atoms with Crippen LogP contribution in [0.5, 0.6) is 0 Å². The first-order valence-corrected chi connectivity index (χ1v) is 6.23. The molecule has 1 aliphatic rings. The molecule has 0 aliphatic carbocycles. The molecular formula is C12H22N2O4. The van der Waals surface area contributed by atoms with Crippen molar-refractivity contribution in [1.29, 1.82) is 0 Å². The van der Waals surface area contributed by atoms with Crippen molar-refractivity contribution in [3.05, 3.63) is 0 Å². The third kappa shape index (κ3) is 4.81. The number of nitrogens with zero attached hydrogens (tertiary/aromatic N) is 1. The molecule has 0 radical (unpaired) electrons. The largest absolute Gasteiger partial charge is 0.450 e. The number of amides is 2. The van der Waals surface area contributed by atoms with Crippen LogP contribution in [0, 0.1) is 0 Å². The number of ether oxygens (including phenoxy) is 2. The van der Waals surface area contributed by atoms with Gasteiger partial charge in [0.25, 0.3) is 0 Å². The number of rotatable bonds is 2. The van der Waals surface area contributed by atoms with E-state index in [0.29, 0.717) is 19.7 Å². The van der Waals surface area contributed by atoms with Gasteiger partial charge in [0.2, 0.25) is 0 Å². The Morgan fingerprint density at radius 3 is 2.61 bits per heavy atom. The molecule has 0 aromatic carbocycles. The molecule has 18 heavy (non-hydrogen) atoms. The van der Waals surface area contributed by atoms with E-state index in [4.69, 9.17) is 9.47 Å². The molecule has 1 rings (SSSR count). The standard InChI is InChI=1S/C12H22N2O4/c1-5-17-10(15)13-9-6-7-14(8-9)11(16)18-12(2,3)4/h9H,5-8H2,1-4H3,(H,13,15)/t9-/m1/s1. The predicted octanol–water partition coefficient (Wildman–Crippen LogP) is 1.74. The Kier molecular flexibility index (Phi) is 4.81. The molecule has 1 aliphatic heterocycles. The molecule has 1 N–H and O–H groups in total. The van der Waals surface area contributed by atoms with E-state index in [2.05, 4.69) is 5.32 Å². The third-order valence-corrected chi connectivity index (χ3v) is 2.44. The van der Waals surface area contributed by atoms with Gasteiger partial charge in [-0.1, -0.05) is 0 Å². The van der Waals surface area contributed by atoms with Crippen molar-refractivity contribution in [3.8, 4) is 0 Å². The van der Waals surface area contributed by atoms with Crippen molar-refractivity contribution in [2.45, 2.75) is 45.8 Å². The number of nitrogens with one attached hydrogen (secondary N) is 1. The lowest BCUT2D eigenvalue weighted by molar-refractivity contribution is 0.0290. The molecule has 1 saturated heterocycles. The van der Waals surface area contributed by atoms with Gasteiger partial charge in [0.15, 0.2) is 0 Å². The van der Waals surface area contributed by atoms with E-state index >= 15 is 0 Å². The van der Waals surface area contributed by atoms with Crippen LogP contribution >= 0.6 is 0 Å². The second kappa shape index (κ2) is 5.93. The summed E-state index contributed by atoms with van der Waals surface area (Å²) in [5, 5.41) is 2.72. The Morgan fingerprint density at radius 2 is 2.06 bits per heavy atom. The van der Waals surface area contributed by atoms with Crippen LogP contribution in [0.4, 0.5) is 9.59 Å². The van der Waals surface area contributed by atoms with Gasteiger partial charge in [-0.2, -0.15) is 0 Å². The highest BCUT2D eigenvalue weighted by atomic mass is 16.6. The SMILES string of the molecule is CCOC(=O)N[C@@H]1CCN(C(=O)OC(C)(C)C)C1. The fraction of sp³-hybridized carbons (Fsp3) is 0.833. The lowest BCUT2D eigenvalue weighted by Crippen LogP contribution is -2.40. The predicted molar refractivity (Wildman–Crippen MR) is 66.4 cm³/mol. The molecule has 6 heteroatoms. The molecule has 0 aromatic rings. The molecule has 0 unspecified atom stereocenters. The minimum Gasteiger partial charge on any atom is -0.450 e. The fourth-order valence-corrected chi connectivity index (χ4v) is 1.71. The van der Waals surface area contributed by atoms with Crippen molar-refractivity contribution in [3.63, 3.8) is 0 Å². The minimum absolute atomic E-state index is 0.0587. The lowest BCUT2D eigenvalue weighted by atomic mass is 10.2. The number of hydrogen-bond donors (Lipinski definition) is 1. The number of carbonyl (C=O) groups excluding carboxylic acids is 2. The molecule has 1 fully saturated rings. The summed E-state index contributed by atoms with van der Waals surface area (Å²) in [4.78, 5) is 24.6. The maximum Gasteiger partial charge on any atom is 0.410 e. The van der Waals surface area contributed by atoms with Crippen molar-refractivity contribution in [2.75, 3.05) is 19.7 Å². The zero-order chi connectivity index (χ0) is 13.8. The fourth-order valence-electron chi connectivity index (χ4n) is 1.71. The topological polar surface area (TPSA) is 67.9 Å². The van der Waals surface area contributed by atoms with Crippen LogP contribution in [0.15, 0.2) is 0 Å². The minimum atomic E-state index is -0.496. The second-order valence-corrected chi connectivity index (χ2v) is 5.28. The molecule has 104 valence electrons. The lowest BCUT2D eigenvalue weighted by Gasteiger charge is -2.24. The smallest absolute Gasteiger partial charge is 0.410 e. The Balaban J connectivity index is 2.37. The molecule has 0 spiro atoms. The third-order valence-electron chi connectivity index (χ3n) is 2.44. The molecular weight excluding hydrogens is 236 g/mol. The maximum atomic E-state index is 11.8. The zero-order valence-electron chi connectivity index (χ0n) is 11.5. The number of carbonyl (C=O) groups is 2. The number of hydrogen-bond acceptors (Lipinski definition) is 4. The molecule has 2 amide bonds. The molecule has 1 heterocycles. The summed E-state index contributed by atoms with van der Waals surface area (Å²) in [7, 11) is 0. The quantitative estimate of drug-likeness (QED) is 0.819. The van der Waals surface area contributed by atoms with Gasteiger partial charge in [0, 0.05) is 13.1 Å². The van der Waals surface area contributed by atoms with Crippen LogP contribution in [0.2, 0.25) is 0 Å². The first-order valence-electron chi connectivity index (χ1n) is 6.23. The van der Waals surface area contributed by atoms with Crippen LogP contribution in [0.1, 0.15) is 34.1 Å². The summed E-state index contributed by atoms with van der Waals surface area (Å²) in [5.74, 6) is 0. The molecule has 6 nitrogen and oxygen atoms in total. The average molecular weight is 258 g/mol. The Morgan fingerprint density at radius 1 is 1.39 bits per heavy atom. The van der Waals surface area contributed by atoms with Crippen molar-refractivity contribution >= 4 is 12.2 Å². The summed E-state index contributed by atoms with van der Waals surface area (Å²) < 4.78 is 10.1. The van der Waals surface area contributed by atoms with E-state index in [1.165, 1.54) is 0 Å². The summed E-state index contributed by atoms with van der Waals surface area (Å²) in [5.41, 5.74) is -0.496. The van der Waals surface area contributed by atoms with E-state index < -0.39 is 11.7 Å². The van der Waals surface area contributed by atoms with Crippen molar-refractivity contribution in [2.24, 2.45) is 0 Å². The van der Waals surface area contributed by atoms with E-state index in [-0.39, 0.29) is 12.1 Å². The number of likely N-dealkylation sites (tertiary alicyclic amines) is 1. The summed E-state index contributed by atoms with van der Waals surface area (Å²) >= 11 is 0. The normalized spacial score (nSPS) is 19.6. The van der Waals surface area contributed by atoms with Gasteiger partial charge >= 0.3 is 12.2 Å². The van der Waals surface area contributed by atoms with Gasteiger partial charge in [0.05, 0.1) is 12.6 Å². The van der Waals surface area contributed by atoms with Crippen LogP contribution in [-0.4, -0.2) is 48.4 Å². The molecule has 1 atom stereocenters. The summed E-state index contributed by atoms with van der Waals surface area (Å²) in [6.45, 7) is 8.63. The van der Waals surface area contributed by atoms with E-state index in [1.54, 1.807) is 11.8 Å². The summed E-state index contributed by atoms with van der Waals surface area (Å²) in [6.07, 6.45) is -0.0536. The summed E-state index contributed by atoms with van der Waals surface area (Å²) in [6, 6.07) is -0.0587. The van der Waals surface area contributed by atoms with Gasteiger partial charge in [0.1, 0.15) is 5.60 Å². The average Bonchev–Trinajstić information content (AvgIpc) is 2.63. The van der Waals surface area contributed by atoms with Gasteiger partial charge in [-0.05, 0) is 34.1 Å². The maximum absolute atomic E-state index is 11.8. The molecule has 0 bridgehead atoms. The monoisotopic (exact) mass is 258 g/mol. The Hall–Kier alpha value is -1.46. The van der Waals surface area contributed by atoms with E-state index in [0.717, 1.165) is 6.42 Å². The molecule has 0 aromatic heterocycles. The number of alkyl carbamates (subject to hydrolysis) is 1. The van der Waals surface area contributed by atoms with Gasteiger partial charge < -0.3 is 19.7 Å². The van der Waals surface area contributed by atoms with Gasteiger partial charge in [-0.15, -0.1) is 0 Å². The van der Waals surface area contributed by atoms with Gasteiger partial charge in [-0.25, -0.2) is 9.59 Å². The van der Waals surface area contributed by atoms with Crippen LogP contribution in [0.3, 0.4) is 0 Å². The zero-order valence-corrected chi connectivity index (χ0v) is 11.5. The van der Waals surface area contributed by atoms with Crippen LogP contribution in [-0.2, 0) is 9.47 Å². The van der Waals surface area contributed by atoms with Gasteiger partial charge in [-0.3, -0.25) is 0 Å². The second-order valence-electron chi connectivity index (χ2n) is 5.28. The first kappa shape index (κ1) is 14.6. The van der Waals surface area contributed by atoms with E-state index in [9.17, 15) is 9.59 Å². The first-order chi connectivity index (χ1) is 8.31. The van der Waals surface area contributed by atoms with Crippen molar-refractivity contribution in [1.82, 2.24) is 10.2 Å². The highest BCUT2D eigenvalue weighted by Crippen LogP contribution is 2.15. The Bertz CT molecular complexity index is 312. The van der Waals surface area contributed by atoms with E-state index in [1.807, 2.05) is 20.8 Å². The van der Waals surface area contributed by atoms with Crippen LogP contribution < -0.4 is 5.32 Å². The van der Waals surface area contributed by atoms with Crippen LogP contribution in [0.25, 0.3) is 0 Å². The Labute approximate surface area is 108 Å². The highest BCUT2D eigenvalue weighted by molar-refractivity contribution is 5.70. The molecule has 0 saturated carbocycles. The highest BCUT2D eigenvalue weighted by Gasteiger charge is 2.30.